The number of fused-ring (bicyclic) bond motifs is 1. The van der Waals surface area contributed by atoms with Gasteiger partial charge in [0.25, 0.3) is 5.78 Å². The number of carboxylic acids is 1. The number of carboxylic acid groups (broad SMARTS) is 1. The van der Waals surface area contributed by atoms with Crippen molar-refractivity contribution < 1.29 is 28.9 Å². The molecule has 0 radical (unpaired) electrons. The van der Waals surface area contributed by atoms with E-state index in [0.717, 1.165) is 0 Å². The summed E-state index contributed by atoms with van der Waals surface area (Å²) >= 11 is 0. The van der Waals surface area contributed by atoms with Crippen molar-refractivity contribution in [3.63, 3.8) is 0 Å². The second kappa shape index (κ2) is 4.95. The minimum atomic E-state index is -1.56. The van der Waals surface area contributed by atoms with Crippen molar-refractivity contribution in [1.82, 2.24) is 0 Å². The van der Waals surface area contributed by atoms with Crippen LogP contribution in [-0.2, 0) is 4.79 Å². The molecule has 0 saturated heterocycles. The first kappa shape index (κ1) is 12.2. The Morgan fingerprint density at radius 2 is 2.00 bits per heavy atom. The monoisotopic (exact) mass is 252 g/mol. The number of Topliss-reactive ketones (excluding diaryl/α,β-unsaturated/α-hetero) is 1. The average Bonchev–Trinajstić information content (AvgIpc) is 2.61. The third-order valence-corrected chi connectivity index (χ3v) is 2.52. The third kappa shape index (κ3) is 2.09. The highest BCUT2D eigenvalue weighted by Gasteiger charge is 2.28. The normalized spacial score (nSPS) is 13.6. The summed E-state index contributed by atoms with van der Waals surface area (Å²) in [6, 6.07) is 3.09. The van der Waals surface area contributed by atoms with Crippen LogP contribution >= 0.6 is 0 Å². The smallest absolute Gasteiger partial charge is 0.377 e. The highest BCUT2D eigenvalue weighted by atomic mass is 16.5. The maximum atomic E-state index is 11.7. The Bertz CT molecular complexity index is 494. The largest absolute Gasteiger partial charge is 0.496 e. The molecule has 18 heavy (non-hydrogen) atoms. The van der Waals surface area contributed by atoms with Crippen LogP contribution in [0.15, 0.2) is 12.1 Å². The number of ketones is 1. The molecule has 0 aliphatic carbocycles. The number of rotatable bonds is 3. The number of aliphatic carboxylic acids is 1. The number of hydrogen-bond acceptors (Lipinski definition) is 5. The van der Waals surface area contributed by atoms with Crippen molar-refractivity contribution in [2.24, 2.45) is 0 Å². The number of ether oxygens (including phenoxy) is 3. The topological polar surface area (TPSA) is 82.1 Å². The van der Waals surface area contributed by atoms with Crippen molar-refractivity contribution in [1.29, 1.82) is 0 Å². The first-order valence-electron chi connectivity index (χ1n) is 5.39. The molecule has 6 heteroatoms. The quantitative estimate of drug-likeness (QED) is 0.641. The van der Waals surface area contributed by atoms with Gasteiger partial charge in [-0.15, -0.1) is 0 Å². The van der Waals surface area contributed by atoms with Gasteiger partial charge in [-0.2, -0.15) is 0 Å². The minimum Gasteiger partial charge on any atom is -0.496 e. The molecule has 1 heterocycles. The highest BCUT2D eigenvalue weighted by molar-refractivity contribution is 6.41. The molecule has 1 aliphatic rings. The first-order chi connectivity index (χ1) is 8.65. The van der Waals surface area contributed by atoms with Crippen LogP contribution in [0, 0.1) is 0 Å². The van der Waals surface area contributed by atoms with Gasteiger partial charge in [-0.05, 0) is 12.1 Å². The fraction of sp³-hybridized carbons (Fsp3) is 0.333. The number of carbonyl (C=O) groups is 2. The van der Waals surface area contributed by atoms with E-state index in [-0.39, 0.29) is 17.1 Å². The molecule has 0 unspecified atom stereocenters. The molecule has 0 amide bonds. The number of methoxy groups -OCH3 is 1. The van der Waals surface area contributed by atoms with Gasteiger partial charge in [-0.3, -0.25) is 4.79 Å². The molecule has 1 aliphatic heterocycles. The number of carbonyl (C=O) groups excluding carboxylic acids is 1. The van der Waals surface area contributed by atoms with Crippen molar-refractivity contribution in [3.8, 4) is 17.2 Å². The van der Waals surface area contributed by atoms with Gasteiger partial charge in [0, 0.05) is 6.42 Å². The molecule has 1 N–H and O–H groups in total. The van der Waals surface area contributed by atoms with E-state index >= 15 is 0 Å². The Labute approximate surface area is 103 Å². The summed E-state index contributed by atoms with van der Waals surface area (Å²) in [5, 5.41) is 8.83. The second-order valence-corrected chi connectivity index (χ2v) is 3.65. The van der Waals surface area contributed by atoms with Crippen LogP contribution in [0.4, 0.5) is 0 Å². The van der Waals surface area contributed by atoms with Gasteiger partial charge < -0.3 is 19.3 Å². The van der Waals surface area contributed by atoms with Gasteiger partial charge in [0.1, 0.15) is 11.3 Å². The lowest BCUT2D eigenvalue weighted by Crippen LogP contribution is -2.15. The molecule has 0 atom stereocenters. The van der Waals surface area contributed by atoms with E-state index in [9.17, 15) is 9.59 Å². The molecule has 96 valence electrons. The van der Waals surface area contributed by atoms with Crippen LogP contribution in [-0.4, -0.2) is 37.2 Å². The predicted molar refractivity (Wildman–Crippen MR) is 60.6 cm³/mol. The highest BCUT2D eigenvalue weighted by Crippen LogP contribution is 2.39. The number of benzene rings is 1. The van der Waals surface area contributed by atoms with E-state index in [2.05, 4.69) is 0 Å². The maximum absolute atomic E-state index is 11.7. The Morgan fingerprint density at radius 3 is 2.67 bits per heavy atom. The van der Waals surface area contributed by atoms with E-state index < -0.39 is 11.8 Å². The lowest BCUT2D eigenvalue weighted by molar-refractivity contribution is -0.131. The van der Waals surface area contributed by atoms with Crippen LogP contribution in [0.3, 0.4) is 0 Å². The van der Waals surface area contributed by atoms with Crippen LogP contribution in [0.1, 0.15) is 16.8 Å². The zero-order valence-electron chi connectivity index (χ0n) is 9.76. The maximum Gasteiger partial charge on any atom is 0.377 e. The molecule has 0 saturated carbocycles. The van der Waals surface area contributed by atoms with Crippen molar-refractivity contribution in [2.75, 3.05) is 20.3 Å². The van der Waals surface area contributed by atoms with Crippen LogP contribution in [0.5, 0.6) is 17.2 Å². The van der Waals surface area contributed by atoms with E-state index in [1.165, 1.54) is 13.2 Å². The number of hydrogen-bond donors (Lipinski definition) is 1. The Morgan fingerprint density at radius 1 is 1.28 bits per heavy atom. The fourth-order valence-corrected chi connectivity index (χ4v) is 1.71. The Hall–Kier alpha value is -2.24. The van der Waals surface area contributed by atoms with Crippen molar-refractivity contribution >= 4 is 11.8 Å². The summed E-state index contributed by atoms with van der Waals surface area (Å²) < 4.78 is 15.8. The molecule has 0 aromatic heterocycles. The zero-order valence-corrected chi connectivity index (χ0v) is 9.76. The van der Waals surface area contributed by atoms with Gasteiger partial charge in [0.15, 0.2) is 11.5 Å². The standard InChI is InChI=1S/C12H12O6/c1-16-7-3-4-8-11(18-6-2-5-17-8)9(7)10(13)12(14)15/h3-4H,2,5-6H2,1H3,(H,14,15). The molecule has 0 fully saturated rings. The van der Waals surface area contributed by atoms with Crippen molar-refractivity contribution in [3.05, 3.63) is 17.7 Å². The zero-order chi connectivity index (χ0) is 13.1. The molecule has 1 aromatic carbocycles. The summed E-state index contributed by atoms with van der Waals surface area (Å²) in [6.45, 7) is 0.820. The third-order valence-electron chi connectivity index (χ3n) is 2.52. The van der Waals surface area contributed by atoms with Crippen LogP contribution in [0.25, 0.3) is 0 Å². The molecule has 1 aromatic rings. The van der Waals surface area contributed by atoms with Gasteiger partial charge in [0.2, 0.25) is 0 Å². The van der Waals surface area contributed by atoms with E-state index in [0.29, 0.717) is 25.4 Å². The molecule has 0 bridgehead atoms. The van der Waals surface area contributed by atoms with E-state index in [4.69, 9.17) is 19.3 Å². The van der Waals surface area contributed by atoms with Gasteiger partial charge in [-0.1, -0.05) is 0 Å². The second-order valence-electron chi connectivity index (χ2n) is 3.65. The van der Waals surface area contributed by atoms with Gasteiger partial charge in [-0.25, -0.2) is 4.79 Å². The van der Waals surface area contributed by atoms with Crippen LogP contribution < -0.4 is 14.2 Å². The van der Waals surface area contributed by atoms with Crippen LogP contribution in [0.2, 0.25) is 0 Å². The minimum absolute atomic E-state index is 0.107. The summed E-state index contributed by atoms with van der Waals surface area (Å²) in [6.07, 6.45) is 0.664. The molecular formula is C12H12O6. The molecule has 6 nitrogen and oxygen atoms in total. The summed E-state index contributed by atoms with van der Waals surface area (Å²) in [5.74, 6) is -1.98. The average molecular weight is 252 g/mol. The van der Waals surface area contributed by atoms with E-state index in [1.807, 2.05) is 0 Å². The van der Waals surface area contributed by atoms with Gasteiger partial charge >= 0.3 is 5.97 Å². The first-order valence-corrected chi connectivity index (χ1v) is 5.39. The predicted octanol–water partition coefficient (Wildman–Crippen LogP) is 1.12. The van der Waals surface area contributed by atoms with Crippen molar-refractivity contribution in [2.45, 2.75) is 6.42 Å². The summed E-state index contributed by atoms with van der Waals surface area (Å²) in [7, 11) is 1.36. The van der Waals surface area contributed by atoms with E-state index in [1.54, 1.807) is 6.07 Å². The van der Waals surface area contributed by atoms with Gasteiger partial charge in [0.05, 0.1) is 20.3 Å². The SMILES string of the molecule is COc1ccc2c(c1C(=O)C(=O)O)OCCCO2. The summed E-state index contributed by atoms with van der Waals surface area (Å²) in [4.78, 5) is 22.5. The Balaban J connectivity index is 2.59. The molecule has 0 spiro atoms. The lowest BCUT2D eigenvalue weighted by Gasteiger charge is -2.13. The lowest BCUT2D eigenvalue weighted by atomic mass is 10.1. The summed E-state index contributed by atoms with van der Waals surface area (Å²) in [5.41, 5.74) is -0.107. The Kier molecular flexibility index (Phi) is 3.36. The molecule has 2 rings (SSSR count). The molecular weight excluding hydrogens is 240 g/mol. The fourth-order valence-electron chi connectivity index (χ4n) is 1.71.